The molecule has 0 saturated carbocycles. The largest absolute Gasteiger partial charge is 0.489 e. The number of sulfone groups is 1. The van der Waals surface area contributed by atoms with E-state index >= 15 is 0 Å². The first-order valence-corrected chi connectivity index (χ1v) is 12.9. The molecule has 1 saturated heterocycles. The highest BCUT2D eigenvalue weighted by atomic mass is 32.2. The number of piperidine rings is 1. The molecule has 3 aromatic heterocycles. The maximum Gasteiger partial charge on any atom is 0.270 e. The van der Waals surface area contributed by atoms with E-state index in [1.54, 1.807) is 41.3 Å². The van der Waals surface area contributed by atoms with Crippen LogP contribution in [0.5, 0.6) is 5.75 Å². The van der Waals surface area contributed by atoms with Crippen LogP contribution in [0.1, 0.15) is 23.3 Å². The first-order valence-electron chi connectivity index (χ1n) is 11.0. The van der Waals surface area contributed by atoms with Crippen LogP contribution in [0.25, 0.3) is 16.7 Å². The number of aryl methyl sites for hydroxylation is 1. The minimum atomic E-state index is -3.27. The number of benzene rings is 1. The maximum atomic E-state index is 12.7. The van der Waals surface area contributed by atoms with Gasteiger partial charge in [-0.3, -0.25) is 4.79 Å². The second-order valence-corrected chi connectivity index (χ2v) is 10.5. The number of fused-ring (bicyclic) bond motifs is 1. The molecule has 1 aliphatic heterocycles. The van der Waals surface area contributed by atoms with Gasteiger partial charge >= 0.3 is 0 Å². The van der Waals surface area contributed by atoms with Crippen molar-refractivity contribution in [1.82, 2.24) is 24.2 Å². The number of hydrogen-bond donors (Lipinski definition) is 0. The quantitative estimate of drug-likeness (QED) is 0.437. The highest BCUT2D eigenvalue weighted by molar-refractivity contribution is 7.90. The molecule has 0 N–H and O–H groups in total. The monoisotopic (exact) mass is 479 g/mol. The number of ether oxygens (including phenoxy) is 1. The number of likely N-dealkylation sites (tertiary alicyclic amines) is 1. The molecule has 9 nitrogen and oxygen atoms in total. The van der Waals surface area contributed by atoms with Gasteiger partial charge in [0.1, 0.15) is 17.5 Å². The lowest BCUT2D eigenvalue weighted by Gasteiger charge is -2.32. The van der Waals surface area contributed by atoms with E-state index in [1.165, 1.54) is 6.26 Å². The Morgan fingerprint density at radius 3 is 2.47 bits per heavy atom. The Morgan fingerprint density at radius 1 is 1.09 bits per heavy atom. The van der Waals surface area contributed by atoms with Gasteiger partial charge in [-0.15, -0.1) is 0 Å². The van der Waals surface area contributed by atoms with Crippen LogP contribution in [-0.4, -0.2) is 64.0 Å². The van der Waals surface area contributed by atoms with Crippen LogP contribution < -0.4 is 4.74 Å². The predicted molar refractivity (Wildman–Crippen MR) is 127 cm³/mol. The fourth-order valence-corrected chi connectivity index (χ4v) is 4.86. The van der Waals surface area contributed by atoms with E-state index in [2.05, 4.69) is 10.1 Å². The first-order chi connectivity index (χ1) is 16.3. The Hall–Kier alpha value is -3.66. The molecule has 0 spiro atoms. The van der Waals surface area contributed by atoms with Crippen molar-refractivity contribution in [2.45, 2.75) is 23.8 Å². The van der Waals surface area contributed by atoms with E-state index in [1.807, 2.05) is 40.9 Å². The zero-order valence-corrected chi connectivity index (χ0v) is 19.8. The van der Waals surface area contributed by atoms with E-state index < -0.39 is 9.84 Å². The summed E-state index contributed by atoms with van der Waals surface area (Å²) in [6.07, 6.45) is 7.89. The van der Waals surface area contributed by atoms with E-state index in [0.29, 0.717) is 35.9 Å². The molecule has 5 rings (SSSR count). The Kier molecular flexibility index (Phi) is 5.60. The van der Waals surface area contributed by atoms with Crippen molar-refractivity contribution in [3.8, 4) is 11.4 Å². The van der Waals surface area contributed by atoms with Crippen LogP contribution in [0, 0.1) is 0 Å². The Morgan fingerprint density at radius 2 is 1.82 bits per heavy atom. The molecule has 176 valence electrons. The van der Waals surface area contributed by atoms with Gasteiger partial charge in [-0.2, -0.15) is 5.10 Å². The van der Waals surface area contributed by atoms with Crippen molar-refractivity contribution in [3.63, 3.8) is 0 Å². The molecule has 1 aliphatic rings. The molecule has 0 atom stereocenters. The van der Waals surface area contributed by atoms with Crippen molar-refractivity contribution >= 4 is 26.8 Å². The number of rotatable bonds is 5. The Bertz CT molecular complexity index is 1450. The van der Waals surface area contributed by atoms with Crippen molar-refractivity contribution < 1.29 is 17.9 Å². The zero-order valence-electron chi connectivity index (χ0n) is 19.0. The molecular formula is C24H25N5O4S. The third-order valence-corrected chi connectivity index (χ3v) is 7.26. The molecule has 0 bridgehead atoms. The van der Waals surface area contributed by atoms with Gasteiger partial charge in [0.25, 0.3) is 5.91 Å². The van der Waals surface area contributed by atoms with Gasteiger partial charge in [0.15, 0.2) is 15.5 Å². The minimum absolute atomic E-state index is 0.0135. The summed E-state index contributed by atoms with van der Waals surface area (Å²) in [6.45, 7) is 1.27. The van der Waals surface area contributed by atoms with Crippen LogP contribution in [0.4, 0.5) is 0 Å². The Labute approximate surface area is 197 Å². The van der Waals surface area contributed by atoms with Gasteiger partial charge in [-0.05, 0) is 42.5 Å². The number of amides is 1. The van der Waals surface area contributed by atoms with Crippen molar-refractivity contribution in [2.75, 3.05) is 19.3 Å². The molecule has 1 fully saturated rings. The van der Waals surface area contributed by atoms with Gasteiger partial charge in [0.2, 0.25) is 0 Å². The lowest BCUT2D eigenvalue weighted by molar-refractivity contribution is 0.0589. The average Bonchev–Trinajstić information content (AvgIpc) is 3.45. The van der Waals surface area contributed by atoms with Gasteiger partial charge in [-0.25, -0.2) is 18.1 Å². The maximum absolute atomic E-state index is 12.7. The summed E-state index contributed by atoms with van der Waals surface area (Å²) in [6, 6.07) is 12.1. The van der Waals surface area contributed by atoms with Gasteiger partial charge in [0, 0.05) is 51.6 Å². The lowest BCUT2D eigenvalue weighted by Crippen LogP contribution is -2.42. The van der Waals surface area contributed by atoms with Gasteiger partial charge < -0.3 is 14.2 Å². The van der Waals surface area contributed by atoms with Crippen LogP contribution in [0.2, 0.25) is 0 Å². The summed E-state index contributed by atoms with van der Waals surface area (Å²) in [5, 5.41) is 5.23. The van der Waals surface area contributed by atoms with E-state index in [-0.39, 0.29) is 16.9 Å². The standard InChI is InChI=1S/C24H25N5O4S/c1-27-13-3-4-21(27)24(30)28-14-10-18(11-15-28)33-22-9-12-25-23-20(22)16-26-29(23)17-5-7-19(8-6-17)34(2,31)32/h3-9,12-13,16,18H,10-11,14-15H2,1-2H3. The Balaban J connectivity index is 1.31. The zero-order chi connectivity index (χ0) is 23.9. The molecule has 1 aromatic carbocycles. The number of nitrogens with zero attached hydrogens (tertiary/aromatic N) is 5. The van der Waals surface area contributed by atoms with E-state index in [0.717, 1.165) is 18.2 Å². The SMILES string of the molecule is Cn1cccc1C(=O)N1CCC(Oc2ccnc3c2cnn3-c2ccc(S(C)(=O)=O)cc2)CC1. The van der Waals surface area contributed by atoms with Crippen LogP contribution >= 0.6 is 0 Å². The second-order valence-electron chi connectivity index (χ2n) is 8.48. The summed E-state index contributed by atoms with van der Waals surface area (Å²) < 4.78 is 33.3. The summed E-state index contributed by atoms with van der Waals surface area (Å²) in [4.78, 5) is 19.3. The molecule has 0 radical (unpaired) electrons. The number of carbonyl (C=O) groups is 1. The van der Waals surface area contributed by atoms with E-state index in [4.69, 9.17) is 4.74 Å². The number of aromatic nitrogens is 4. The van der Waals surface area contributed by atoms with Crippen molar-refractivity contribution in [3.05, 3.63) is 66.7 Å². The smallest absolute Gasteiger partial charge is 0.270 e. The molecule has 4 aromatic rings. The van der Waals surface area contributed by atoms with Crippen LogP contribution in [-0.2, 0) is 16.9 Å². The predicted octanol–water partition coefficient (Wildman–Crippen LogP) is 2.85. The molecule has 1 amide bonds. The normalized spacial score (nSPS) is 15.1. The summed E-state index contributed by atoms with van der Waals surface area (Å²) >= 11 is 0. The first kappa shape index (κ1) is 22.1. The summed E-state index contributed by atoms with van der Waals surface area (Å²) in [7, 11) is -1.40. The molecule has 4 heterocycles. The summed E-state index contributed by atoms with van der Waals surface area (Å²) in [5.74, 6) is 0.733. The van der Waals surface area contributed by atoms with Crippen LogP contribution in [0.15, 0.2) is 66.0 Å². The number of carbonyl (C=O) groups excluding carboxylic acids is 1. The fourth-order valence-electron chi connectivity index (χ4n) is 4.23. The molecule has 0 unspecified atom stereocenters. The van der Waals surface area contributed by atoms with Gasteiger partial charge in [-0.1, -0.05) is 0 Å². The topological polar surface area (TPSA) is 99.3 Å². The van der Waals surface area contributed by atoms with Crippen LogP contribution in [0.3, 0.4) is 0 Å². The molecule has 10 heteroatoms. The van der Waals surface area contributed by atoms with Crippen molar-refractivity contribution in [1.29, 1.82) is 0 Å². The van der Waals surface area contributed by atoms with Crippen molar-refractivity contribution in [2.24, 2.45) is 7.05 Å². The third-order valence-electron chi connectivity index (χ3n) is 6.13. The average molecular weight is 480 g/mol. The second kappa shape index (κ2) is 8.60. The molecule has 34 heavy (non-hydrogen) atoms. The third kappa shape index (κ3) is 4.16. The van der Waals surface area contributed by atoms with E-state index in [9.17, 15) is 13.2 Å². The highest BCUT2D eigenvalue weighted by Gasteiger charge is 2.26. The molecule has 0 aliphatic carbocycles. The number of hydrogen-bond acceptors (Lipinski definition) is 6. The minimum Gasteiger partial charge on any atom is -0.489 e. The fraction of sp³-hybridized carbons (Fsp3) is 0.292. The molecular weight excluding hydrogens is 454 g/mol. The lowest BCUT2D eigenvalue weighted by atomic mass is 10.1. The van der Waals surface area contributed by atoms with Gasteiger partial charge in [0.05, 0.1) is 22.2 Å². The highest BCUT2D eigenvalue weighted by Crippen LogP contribution is 2.28. The number of pyridine rings is 1. The summed E-state index contributed by atoms with van der Waals surface area (Å²) in [5.41, 5.74) is 2.02.